The summed E-state index contributed by atoms with van der Waals surface area (Å²) in [6, 6.07) is 0. The maximum Gasteiger partial charge on any atom is 0.164 e. The monoisotopic (exact) mass is 184 g/mol. The quantitative estimate of drug-likeness (QED) is 0.386. The lowest BCUT2D eigenvalue weighted by molar-refractivity contribution is 0.270. The van der Waals surface area contributed by atoms with E-state index in [4.69, 9.17) is 5.11 Å². The molecule has 0 heterocycles. The Morgan fingerprint density at radius 1 is 0.846 bits per heavy atom. The zero-order valence-corrected chi connectivity index (χ0v) is 7.50. The van der Waals surface area contributed by atoms with E-state index in [9.17, 15) is 15.3 Å². The number of aromatic hydroxyl groups is 3. The van der Waals surface area contributed by atoms with Crippen molar-refractivity contribution in [1.29, 1.82) is 0 Å². The van der Waals surface area contributed by atoms with Crippen LogP contribution >= 0.6 is 0 Å². The van der Waals surface area contributed by atoms with Gasteiger partial charge in [-0.3, -0.25) is 0 Å². The van der Waals surface area contributed by atoms with Crippen LogP contribution in [0, 0.1) is 13.8 Å². The number of phenolic OH excluding ortho intramolecular Hbond substituents is 2. The van der Waals surface area contributed by atoms with Crippen molar-refractivity contribution in [1.82, 2.24) is 0 Å². The second kappa shape index (κ2) is 3.14. The van der Waals surface area contributed by atoms with Crippen LogP contribution in [0.1, 0.15) is 16.7 Å². The van der Waals surface area contributed by atoms with Crippen molar-refractivity contribution >= 4 is 0 Å². The van der Waals surface area contributed by atoms with Crippen molar-refractivity contribution in [2.45, 2.75) is 20.5 Å². The Morgan fingerprint density at radius 3 is 1.85 bits per heavy atom. The predicted octanol–water partition coefficient (Wildman–Crippen LogP) is 0.913. The fraction of sp³-hybridized carbons (Fsp3) is 0.333. The lowest BCUT2D eigenvalue weighted by atomic mass is 10.0. The first-order valence-electron chi connectivity index (χ1n) is 3.84. The molecule has 0 amide bonds. The fourth-order valence-corrected chi connectivity index (χ4v) is 1.23. The molecule has 1 aromatic rings. The third-order valence-corrected chi connectivity index (χ3v) is 2.19. The van der Waals surface area contributed by atoms with Gasteiger partial charge in [0.2, 0.25) is 0 Å². The van der Waals surface area contributed by atoms with Crippen LogP contribution in [0.25, 0.3) is 0 Å². The zero-order chi connectivity index (χ0) is 10.2. The summed E-state index contributed by atoms with van der Waals surface area (Å²) in [5.74, 6) is -0.846. The molecule has 0 fully saturated rings. The molecule has 4 heteroatoms. The van der Waals surface area contributed by atoms with Gasteiger partial charge in [-0.25, -0.2) is 0 Å². The molecule has 1 rings (SSSR count). The molecule has 0 aromatic heterocycles. The fourth-order valence-electron chi connectivity index (χ4n) is 1.23. The molecule has 0 saturated carbocycles. The number of aliphatic hydroxyl groups excluding tert-OH is 1. The van der Waals surface area contributed by atoms with Crippen molar-refractivity contribution < 1.29 is 20.4 Å². The van der Waals surface area contributed by atoms with E-state index in [0.717, 1.165) is 0 Å². The molecule has 4 N–H and O–H groups in total. The molecule has 1 aromatic carbocycles. The van der Waals surface area contributed by atoms with Gasteiger partial charge in [0.25, 0.3) is 0 Å². The van der Waals surface area contributed by atoms with Crippen LogP contribution in [0.2, 0.25) is 0 Å². The van der Waals surface area contributed by atoms with E-state index in [1.165, 1.54) is 6.92 Å². The molecule has 0 aliphatic rings. The smallest absolute Gasteiger partial charge is 0.164 e. The second-order valence-electron chi connectivity index (χ2n) is 2.93. The van der Waals surface area contributed by atoms with Gasteiger partial charge >= 0.3 is 0 Å². The summed E-state index contributed by atoms with van der Waals surface area (Å²) in [5, 5.41) is 37.0. The van der Waals surface area contributed by atoms with Crippen molar-refractivity contribution in [2.75, 3.05) is 0 Å². The average molecular weight is 184 g/mol. The molecule has 0 aliphatic heterocycles. The number of aliphatic hydroxyl groups is 1. The Hall–Kier alpha value is -1.42. The first-order chi connectivity index (χ1) is 6.00. The Morgan fingerprint density at radius 2 is 1.38 bits per heavy atom. The molecule has 0 bridgehead atoms. The minimum atomic E-state index is -0.418. The van der Waals surface area contributed by atoms with Crippen molar-refractivity contribution in [2.24, 2.45) is 0 Å². The first-order valence-corrected chi connectivity index (χ1v) is 3.84. The van der Waals surface area contributed by atoms with Crippen molar-refractivity contribution in [3.8, 4) is 17.2 Å². The molecular formula is C9H12O4. The maximum absolute atomic E-state index is 9.44. The predicted molar refractivity (Wildman–Crippen MR) is 46.8 cm³/mol. The highest BCUT2D eigenvalue weighted by atomic mass is 16.3. The van der Waals surface area contributed by atoms with Crippen LogP contribution in [-0.4, -0.2) is 20.4 Å². The van der Waals surface area contributed by atoms with Crippen LogP contribution < -0.4 is 0 Å². The topological polar surface area (TPSA) is 80.9 Å². The Balaban J connectivity index is 3.56. The summed E-state index contributed by atoms with van der Waals surface area (Å²) in [7, 11) is 0. The van der Waals surface area contributed by atoms with Gasteiger partial charge < -0.3 is 20.4 Å². The lowest BCUT2D eigenvalue weighted by Crippen LogP contribution is -1.93. The van der Waals surface area contributed by atoms with Crippen LogP contribution in [0.5, 0.6) is 17.2 Å². The molecule has 13 heavy (non-hydrogen) atoms. The number of hydrogen-bond donors (Lipinski definition) is 4. The first kappa shape index (κ1) is 9.67. The van der Waals surface area contributed by atoms with E-state index in [1.54, 1.807) is 6.92 Å². The van der Waals surface area contributed by atoms with Gasteiger partial charge in [-0.05, 0) is 13.8 Å². The maximum atomic E-state index is 9.44. The standard InChI is InChI=1S/C9H12O4/c1-4-6(3-10)9(13)8(12)5(2)7(4)11/h10-13H,3H2,1-2H3. The average Bonchev–Trinajstić information content (AvgIpc) is 2.13. The summed E-state index contributed by atoms with van der Waals surface area (Å²) in [5.41, 5.74) is 0.753. The summed E-state index contributed by atoms with van der Waals surface area (Å²) < 4.78 is 0. The number of benzene rings is 1. The van der Waals surface area contributed by atoms with Crippen molar-refractivity contribution in [3.05, 3.63) is 16.7 Å². The van der Waals surface area contributed by atoms with Gasteiger partial charge in [0.1, 0.15) is 5.75 Å². The Kier molecular flexibility index (Phi) is 2.34. The molecule has 0 saturated heterocycles. The van der Waals surface area contributed by atoms with Gasteiger partial charge in [0, 0.05) is 16.7 Å². The highest BCUT2D eigenvalue weighted by Gasteiger charge is 2.17. The molecule has 0 aliphatic carbocycles. The molecular weight excluding hydrogens is 172 g/mol. The van der Waals surface area contributed by atoms with Crippen LogP contribution in [0.3, 0.4) is 0 Å². The molecule has 0 spiro atoms. The molecule has 0 unspecified atom stereocenters. The molecule has 0 radical (unpaired) electrons. The van der Waals surface area contributed by atoms with E-state index in [0.29, 0.717) is 5.56 Å². The largest absolute Gasteiger partial charge is 0.507 e. The van der Waals surface area contributed by atoms with Crippen LogP contribution in [-0.2, 0) is 6.61 Å². The Labute approximate surface area is 75.7 Å². The third kappa shape index (κ3) is 1.29. The van der Waals surface area contributed by atoms with Crippen LogP contribution in [0.4, 0.5) is 0 Å². The molecule has 4 nitrogen and oxygen atoms in total. The van der Waals surface area contributed by atoms with Gasteiger partial charge in [-0.2, -0.15) is 0 Å². The number of rotatable bonds is 1. The third-order valence-electron chi connectivity index (χ3n) is 2.19. The van der Waals surface area contributed by atoms with E-state index < -0.39 is 6.61 Å². The minimum absolute atomic E-state index is 0.0978. The molecule has 0 atom stereocenters. The van der Waals surface area contributed by atoms with E-state index >= 15 is 0 Å². The zero-order valence-electron chi connectivity index (χ0n) is 7.50. The molecule has 72 valence electrons. The number of hydrogen-bond acceptors (Lipinski definition) is 4. The summed E-state index contributed by atoms with van der Waals surface area (Å²) in [6.45, 7) is 2.63. The summed E-state index contributed by atoms with van der Waals surface area (Å²) >= 11 is 0. The van der Waals surface area contributed by atoms with Crippen molar-refractivity contribution in [3.63, 3.8) is 0 Å². The van der Waals surface area contributed by atoms with Gasteiger partial charge in [0.05, 0.1) is 6.61 Å². The second-order valence-corrected chi connectivity index (χ2v) is 2.93. The normalized spacial score (nSPS) is 10.4. The minimum Gasteiger partial charge on any atom is -0.507 e. The summed E-state index contributed by atoms with van der Waals surface area (Å²) in [6.07, 6.45) is 0. The van der Waals surface area contributed by atoms with Gasteiger partial charge in [0.15, 0.2) is 11.5 Å². The lowest BCUT2D eigenvalue weighted by Gasteiger charge is -2.12. The van der Waals surface area contributed by atoms with Gasteiger partial charge in [-0.15, -0.1) is 0 Å². The van der Waals surface area contributed by atoms with Crippen LogP contribution in [0.15, 0.2) is 0 Å². The highest BCUT2D eigenvalue weighted by molar-refractivity contribution is 5.60. The van der Waals surface area contributed by atoms with E-state index in [-0.39, 0.29) is 28.4 Å². The highest BCUT2D eigenvalue weighted by Crippen LogP contribution is 2.41. The summed E-state index contributed by atoms with van der Waals surface area (Å²) in [4.78, 5) is 0. The SMILES string of the molecule is Cc1c(O)c(C)c(CO)c(O)c1O. The number of phenols is 3. The van der Waals surface area contributed by atoms with E-state index in [1.807, 2.05) is 0 Å². The Bertz CT molecular complexity index is 315. The van der Waals surface area contributed by atoms with E-state index in [2.05, 4.69) is 0 Å². The van der Waals surface area contributed by atoms with Gasteiger partial charge in [-0.1, -0.05) is 0 Å².